The van der Waals surface area contributed by atoms with Crippen LogP contribution < -0.4 is 15.0 Å². The predicted octanol–water partition coefficient (Wildman–Crippen LogP) is 2.08. The molecule has 3 aromatic heterocycles. The molecule has 1 aliphatic rings. The lowest BCUT2D eigenvalue weighted by atomic mass is 10.2. The topological polar surface area (TPSA) is 84.1 Å². The maximum absolute atomic E-state index is 12.0. The van der Waals surface area contributed by atoms with Crippen molar-refractivity contribution >= 4 is 0 Å². The van der Waals surface area contributed by atoms with Crippen LogP contribution in [0.4, 0.5) is 0 Å². The average molecular weight is 381 g/mol. The molecule has 3 aromatic rings. The maximum Gasteiger partial charge on any atom is 0.266 e. The number of rotatable bonds is 6. The van der Waals surface area contributed by atoms with E-state index in [9.17, 15) is 4.79 Å². The van der Waals surface area contributed by atoms with Crippen LogP contribution in [0, 0.1) is 12.8 Å². The summed E-state index contributed by atoms with van der Waals surface area (Å²) in [5, 5.41) is 0. The highest BCUT2D eigenvalue weighted by Crippen LogP contribution is 2.47. The Balaban J connectivity index is 1.50. The standard InChI is InChI=1S/C20H23N5O3/c1-12-21-10-16(18-8-19(26)25(3)24(18)2)20(23-12)28-11-13-7-15(13)17-6-5-14(27-4)9-22-17/h5-6,8-10,13,15H,7,11H2,1-4H3/t13-,15+/m1/s1. The van der Waals surface area contributed by atoms with Gasteiger partial charge in [0.15, 0.2) is 0 Å². The fourth-order valence-electron chi connectivity index (χ4n) is 3.31. The largest absolute Gasteiger partial charge is 0.495 e. The molecule has 0 aromatic carbocycles. The van der Waals surface area contributed by atoms with Crippen molar-refractivity contribution in [1.82, 2.24) is 24.3 Å². The number of pyridine rings is 1. The number of aryl methyl sites for hydroxylation is 1. The molecule has 2 atom stereocenters. The quantitative estimate of drug-likeness (QED) is 0.650. The summed E-state index contributed by atoms with van der Waals surface area (Å²) in [4.78, 5) is 25.2. The van der Waals surface area contributed by atoms with Gasteiger partial charge in [-0.15, -0.1) is 0 Å². The average Bonchev–Trinajstić information content (AvgIpc) is 3.44. The number of hydrogen-bond acceptors (Lipinski definition) is 6. The molecule has 146 valence electrons. The van der Waals surface area contributed by atoms with Crippen LogP contribution in [0.1, 0.15) is 23.9 Å². The third-order valence-electron chi connectivity index (χ3n) is 5.26. The van der Waals surface area contributed by atoms with Crippen molar-refractivity contribution in [3.8, 4) is 22.9 Å². The van der Waals surface area contributed by atoms with Crippen LogP contribution in [-0.2, 0) is 14.1 Å². The summed E-state index contributed by atoms with van der Waals surface area (Å²) >= 11 is 0. The number of methoxy groups -OCH3 is 1. The lowest BCUT2D eigenvalue weighted by molar-refractivity contribution is 0.285. The monoisotopic (exact) mass is 381 g/mol. The van der Waals surface area contributed by atoms with Gasteiger partial charge in [0.25, 0.3) is 5.56 Å². The Morgan fingerprint density at radius 3 is 2.64 bits per heavy atom. The summed E-state index contributed by atoms with van der Waals surface area (Å²) in [7, 11) is 5.18. The Morgan fingerprint density at radius 1 is 1.18 bits per heavy atom. The van der Waals surface area contributed by atoms with Gasteiger partial charge >= 0.3 is 0 Å². The Labute approximate surface area is 162 Å². The van der Waals surface area contributed by atoms with Crippen molar-refractivity contribution < 1.29 is 9.47 Å². The third-order valence-corrected chi connectivity index (χ3v) is 5.26. The van der Waals surface area contributed by atoms with Crippen LogP contribution in [0.2, 0.25) is 0 Å². The van der Waals surface area contributed by atoms with E-state index >= 15 is 0 Å². The van der Waals surface area contributed by atoms with Crippen molar-refractivity contribution in [3.05, 3.63) is 52.5 Å². The molecule has 0 spiro atoms. The van der Waals surface area contributed by atoms with E-state index < -0.39 is 0 Å². The zero-order valence-electron chi connectivity index (χ0n) is 16.4. The van der Waals surface area contributed by atoms with E-state index in [0.717, 1.165) is 23.6 Å². The molecule has 8 nitrogen and oxygen atoms in total. The van der Waals surface area contributed by atoms with Gasteiger partial charge in [0.2, 0.25) is 5.88 Å². The number of hydrogen-bond donors (Lipinski definition) is 0. The molecule has 4 rings (SSSR count). The molecular formula is C20H23N5O3. The molecule has 0 bridgehead atoms. The summed E-state index contributed by atoms with van der Waals surface area (Å²) in [6.07, 6.45) is 4.48. The van der Waals surface area contributed by atoms with E-state index in [0.29, 0.717) is 35.7 Å². The highest BCUT2D eigenvalue weighted by molar-refractivity contribution is 5.64. The Morgan fingerprint density at radius 2 is 2.00 bits per heavy atom. The van der Waals surface area contributed by atoms with Gasteiger partial charge < -0.3 is 9.47 Å². The minimum Gasteiger partial charge on any atom is -0.495 e. The van der Waals surface area contributed by atoms with Crippen LogP contribution in [0.15, 0.2) is 35.4 Å². The molecule has 0 amide bonds. The molecule has 1 fully saturated rings. The fraction of sp³-hybridized carbons (Fsp3) is 0.400. The summed E-state index contributed by atoms with van der Waals surface area (Å²) in [6.45, 7) is 2.37. The van der Waals surface area contributed by atoms with Gasteiger partial charge in [-0.05, 0) is 25.5 Å². The van der Waals surface area contributed by atoms with Crippen LogP contribution in [0.3, 0.4) is 0 Å². The van der Waals surface area contributed by atoms with Crippen LogP contribution >= 0.6 is 0 Å². The molecule has 0 radical (unpaired) electrons. The van der Waals surface area contributed by atoms with Crippen LogP contribution in [-0.4, -0.2) is 38.0 Å². The van der Waals surface area contributed by atoms with Crippen molar-refractivity contribution in [3.63, 3.8) is 0 Å². The Kier molecular flexibility index (Phi) is 4.62. The second-order valence-electron chi connectivity index (χ2n) is 7.09. The van der Waals surface area contributed by atoms with Gasteiger partial charge in [-0.2, -0.15) is 4.98 Å². The van der Waals surface area contributed by atoms with E-state index in [1.807, 2.05) is 26.1 Å². The second-order valence-corrected chi connectivity index (χ2v) is 7.09. The van der Waals surface area contributed by atoms with Crippen molar-refractivity contribution in [1.29, 1.82) is 0 Å². The smallest absolute Gasteiger partial charge is 0.266 e. The summed E-state index contributed by atoms with van der Waals surface area (Å²) < 4.78 is 14.5. The minimum absolute atomic E-state index is 0.0862. The number of aromatic nitrogens is 5. The molecule has 8 heteroatoms. The first-order valence-corrected chi connectivity index (χ1v) is 9.17. The summed E-state index contributed by atoms with van der Waals surface area (Å²) in [6, 6.07) is 5.51. The molecule has 1 saturated carbocycles. The highest BCUT2D eigenvalue weighted by atomic mass is 16.5. The van der Waals surface area contributed by atoms with Gasteiger partial charge in [0, 0.05) is 43.9 Å². The number of nitrogens with zero attached hydrogens (tertiary/aromatic N) is 5. The first-order valence-electron chi connectivity index (χ1n) is 9.17. The lowest BCUT2D eigenvalue weighted by Crippen LogP contribution is -2.16. The normalized spacial score (nSPS) is 18.1. The molecule has 0 unspecified atom stereocenters. The molecular weight excluding hydrogens is 358 g/mol. The highest BCUT2D eigenvalue weighted by Gasteiger charge is 2.40. The Bertz CT molecular complexity index is 1050. The summed E-state index contributed by atoms with van der Waals surface area (Å²) in [5.74, 6) is 2.67. The SMILES string of the molecule is COc1ccc([C@H]2C[C@@H]2COc2nc(C)ncc2-c2cc(=O)n(C)n2C)nc1. The number of ether oxygens (including phenoxy) is 2. The first kappa shape index (κ1) is 18.2. The van der Waals surface area contributed by atoms with E-state index in [1.54, 1.807) is 37.3 Å². The van der Waals surface area contributed by atoms with Crippen molar-refractivity contribution in [2.24, 2.45) is 20.0 Å². The van der Waals surface area contributed by atoms with Gasteiger partial charge in [0.1, 0.15) is 11.6 Å². The maximum atomic E-state index is 12.0. The molecule has 1 aliphatic carbocycles. The van der Waals surface area contributed by atoms with Crippen LogP contribution in [0.5, 0.6) is 11.6 Å². The zero-order valence-corrected chi connectivity index (χ0v) is 16.4. The predicted molar refractivity (Wildman–Crippen MR) is 104 cm³/mol. The molecule has 28 heavy (non-hydrogen) atoms. The van der Waals surface area contributed by atoms with E-state index in [1.165, 1.54) is 4.68 Å². The molecule has 0 saturated heterocycles. The minimum atomic E-state index is -0.0862. The van der Waals surface area contributed by atoms with Gasteiger partial charge in [-0.3, -0.25) is 19.1 Å². The lowest BCUT2D eigenvalue weighted by Gasteiger charge is -2.12. The third kappa shape index (κ3) is 3.37. The first-order chi connectivity index (χ1) is 13.5. The van der Waals surface area contributed by atoms with E-state index in [2.05, 4.69) is 15.0 Å². The second kappa shape index (κ2) is 7.10. The molecule has 0 aliphatic heterocycles. The van der Waals surface area contributed by atoms with Crippen molar-refractivity contribution in [2.75, 3.05) is 13.7 Å². The Hall–Kier alpha value is -3.16. The van der Waals surface area contributed by atoms with E-state index in [4.69, 9.17) is 9.47 Å². The zero-order chi connectivity index (χ0) is 19.8. The molecule has 0 N–H and O–H groups in total. The van der Waals surface area contributed by atoms with Crippen molar-refractivity contribution in [2.45, 2.75) is 19.3 Å². The van der Waals surface area contributed by atoms with Crippen LogP contribution in [0.25, 0.3) is 11.3 Å². The van der Waals surface area contributed by atoms with Gasteiger partial charge in [-0.1, -0.05) is 0 Å². The van der Waals surface area contributed by atoms with Gasteiger partial charge in [0.05, 0.1) is 31.2 Å². The molecule has 3 heterocycles. The van der Waals surface area contributed by atoms with E-state index in [-0.39, 0.29) is 5.56 Å². The fourth-order valence-corrected chi connectivity index (χ4v) is 3.31. The van der Waals surface area contributed by atoms with Gasteiger partial charge in [-0.25, -0.2) is 4.98 Å². The summed E-state index contributed by atoms with van der Waals surface area (Å²) in [5.41, 5.74) is 2.41.